The average molecular weight is 419 g/mol. The highest BCUT2D eigenvalue weighted by molar-refractivity contribution is 9.10. The molecule has 21 heavy (non-hydrogen) atoms. The molecule has 0 aromatic heterocycles. The number of ether oxygens (including phenoxy) is 1. The molecule has 2 aromatic carbocycles. The second-order valence-corrected chi connectivity index (χ2v) is 5.73. The first-order chi connectivity index (χ1) is 9.92. The fraction of sp³-hybridized carbons (Fsp3) is 0.143. The Kier molecular flexibility index (Phi) is 4.95. The maximum atomic E-state index is 13.6. The smallest absolute Gasteiger partial charge is 0.312 e. The molecule has 0 saturated carbocycles. The first-order valence-electron chi connectivity index (χ1n) is 5.89. The Morgan fingerprint density at radius 3 is 2.62 bits per heavy atom. The first kappa shape index (κ1) is 15.9. The van der Waals surface area contributed by atoms with Gasteiger partial charge in [-0.1, -0.05) is 22.0 Å². The Bertz CT molecular complexity index is 707. The number of halogens is 3. The number of rotatable bonds is 4. The van der Waals surface area contributed by atoms with Crippen LogP contribution < -0.4 is 4.74 Å². The van der Waals surface area contributed by atoms with Crippen LogP contribution in [0.5, 0.6) is 11.5 Å². The van der Waals surface area contributed by atoms with Crippen LogP contribution in [0.15, 0.2) is 34.8 Å². The Balaban J connectivity index is 2.41. The van der Waals surface area contributed by atoms with Crippen molar-refractivity contribution in [1.82, 2.24) is 0 Å². The van der Waals surface area contributed by atoms with Crippen LogP contribution in [0.4, 0.5) is 10.1 Å². The second-order valence-electron chi connectivity index (χ2n) is 4.32. The summed E-state index contributed by atoms with van der Waals surface area (Å²) in [6.07, 6.45) is 0. The van der Waals surface area contributed by atoms with Crippen LogP contribution in [0.2, 0.25) is 0 Å². The van der Waals surface area contributed by atoms with E-state index in [1.54, 1.807) is 12.1 Å². The van der Waals surface area contributed by atoms with E-state index in [4.69, 9.17) is 4.74 Å². The molecule has 0 bridgehead atoms. The van der Waals surface area contributed by atoms with Crippen LogP contribution in [0.25, 0.3) is 0 Å². The Labute approximate surface area is 137 Å². The van der Waals surface area contributed by atoms with Crippen molar-refractivity contribution >= 4 is 37.5 Å². The summed E-state index contributed by atoms with van der Waals surface area (Å²) in [6.45, 7) is 1.90. The highest BCUT2D eigenvalue weighted by atomic mass is 79.9. The van der Waals surface area contributed by atoms with Gasteiger partial charge >= 0.3 is 5.69 Å². The maximum Gasteiger partial charge on any atom is 0.312 e. The van der Waals surface area contributed by atoms with Crippen LogP contribution in [-0.2, 0) is 5.33 Å². The Hall–Kier alpha value is -1.47. The summed E-state index contributed by atoms with van der Waals surface area (Å²) in [5.74, 6) is -0.335. The molecule has 7 heteroatoms. The molecule has 0 amide bonds. The van der Waals surface area contributed by atoms with E-state index in [0.29, 0.717) is 11.1 Å². The lowest BCUT2D eigenvalue weighted by Crippen LogP contribution is -1.96. The summed E-state index contributed by atoms with van der Waals surface area (Å²) < 4.78 is 19.1. The SMILES string of the molecule is Cc1cc(Oc2cc(F)c(Br)cc2[N+](=O)[O-])ccc1CBr. The molecular weight excluding hydrogens is 409 g/mol. The molecule has 0 unspecified atom stereocenters. The molecule has 0 aliphatic rings. The van der Waals surface area contributed by atoms with Crippen molar-refractivity contribution < 1.29 is 14.1 Å². The van der Waals surface area contributed by atoms with Crippen molar-refractivity contribution in [1.29, 1.82) is 0 Å². The van der Waals surface area contributed by atoms with E-state index in [1.807, 2.05) is 13.0 Å². The average Bonchev–Trinajstić information content (AvgIpc) is 2.42. The normalized spacial score (nSPS) is 10.5. The number of nitro benzene ring substituents is 1. The van der Waals surface area contributed by atoms with E-state index in [1.165, 1.54) is 0 Å². The van der Waals surface area contributed by atoms with Gasteiger partial charge in [-0.2, -0.15) is 0 Å². The highest BCUT2D eigenvalue weighted by Gasteiger charge is 2.19. The zero-order valence-electron chi connectivity index (χ0n) is 10.9. The molecule has 4 nitrogen and oxygen atoms in total. The van der Waals surface area contributed by atoms with Gasteiger partial charge in [-0.25, -0.2) is 4.39 Å². The fourth-order valence-electron chi connectivity index (χ4n) is 1.75. The van der Waals surface area contributed by atoms with E-state index >= 15 is 0 Å². The number of alkyl halides is 1. The minimum Gasteiger partial charge on any atom is -0.450 e. The number of aryl methyl sites for hydroxylation is 1. The monoisotopic (exact) mass is 417 g/mol. The minimum absolute atomic E-state index is 0.0207. The van der Waals surface area contributed by atoms with Crippen LogP contribution in [0, 0.1) is 22.9 Å². The summed E-state index contributed by atoms with van der Waals surface area (Å²) in [7, 11) is 0. The number of nitrogens with zero attached hydrogens (tertiary/aromatic N) is 1. The van der Waals surface area contributed by atoms with Gasteiger partial charge in [0.05, 0.1) is 9.40 Å². The lowest BCUT2D eigenvalue weighted by Gasteiger charge is -2.09. The molecule has 0 saturated heterocycles. The number of hydrogen-bond donors (Lipinski definition) is 0. The van der Waals surface area contributed by atoms with E-state index in [2.05, 4.69) is 31.9 Å². The molecule has 0 atom stereocenters. The standard InChI is InChI=1S/C14H10Br2FNO3/c1-8-4-10(3-2-9(8)7-15)21-14-6-12(17)11(16)5-13(14)18(19)20/h2-6H,7H2,1H3. The third-order valence-corrected chi connectivity index (χ3v) is 4.10. The summed E-state index contributed by atoms with van der Waals surface area (Å²) in [6, 6.07) is 7.37. The van der Waals surface area contributed by atoms with Crippen molar-refractivity contribution in [2.45, 2.75) is 12.3 Å². The summed E-state index contributed by atoms with van der Waals surface area (Å²) in [5.41, 5.74) is 1.76. The minimum atomic E-state index is -0.621. The van der Waals surface area contributed by atoms with E-state index < -0.39 is 10.7 Å². The predicted octanol–water partition coefficient (Wildman–Crippen LogP) is 5.49. The zero-order valence-corrected chi connectivity index (χ0v) is 14.1. The Morgan fingerprint density at radius 1 is 1.33 bits per heavy atom. The molecular formula is C14H10Br2FNO3. The van der Waals surface area contributed by atoms with E-state index in [-0.39, 0.29) is 15.9 Å². The summed E-state index contributed by atoms with van der Waals surface area (Å²) in [4.78, 5) is 10.4. The van der Waals surface area contributed by atoms with Crippen molar-refractivity contribution in [3.8, 4) is 11.5 Å². The third kappa shape index (κ3) is 3.59. The largest absolute Gasteiger partial charge is 0.450 e. The molecule has 0 fully saturated rings. The summed E-state index contributed by atoms with van der Waals surface area (Å²) >= 11 is 6.29. The number of hydrogen-bond acceptors (Lipinski definition) is 3. The lowest BCUT2D eigenvalue weighted by atomic mass is 10.1. The van der Waals surface area contributed by atoms with Crippen LogP contribution in [-0.4, -0.2) is 4.92 Å². The van der Waals surface area contributed by atoms with Gasteiger partial charge in [-0.3, -0.25) is 10.1 Å². The quantitative estimate of drug-likeness (QED) is 0.374. The highest BCUT2D eigenvalue weighted by Crippen LogP contribution is 2.36. The van der Waals surface area contributed by atoms with Gasteiger partial charge in [0.1, 0.15) is 11.6 Å². The van der Waals surface area contributed by atoms with Crippen LogP contribution in [0.3, 0.4) is 0 Å². The van der Waals surface area contributed by atoms with E-state index in [0.717, 1.165) is 23.3 Å². The number of benzene rings is 2. The van der Waals surface area contributed by atoms with Crippen molar-refractivity contribution in [2.75, 3.05) is 0 Å². The van der Waals surface area contributed by atoms with Gasteiger partial charge in [0.25, 0.3) is 0 Å². The molecule has 0 aliphatic heterocycles. The molecule has 0 heterocycles. The van der Waals surface area contributed by atoms with E-state index in [9.17, 15) is 14.5 Å². The van der Waals surface area contributed by atoms with Gasteiger partial charge in [-0.05, 0) is 46.1 Å². The molecule has 2 rings (SSSR count). The van der Waals surface area contributed by atoms with Crippen molar-refractivity contribution in [3.05, 3.63) is 61.9 Å². The zero-order chi connectivity index (χ0) is 15.6. The molecule has 0 radical (unpaired) electrons. The van der Waals surface area contributed by atoms with Crippen LogP contribution in [0.1, 0.15) is 11.1 Å². The first-order valence-corrected chi connectivity index (χ1v) is 7.80. The third-order valence-electron chi connectivity index (χ3n) is 2.88. The van der Waals surface area contributed by atoms with Gasteiger partial charge in [0.2, 0.25) is 5.75 Å². The summed E-state index contributed by atoms with van der Waals surface area (Å²) in [5, 5.41) is 11.7. The topological polar surface area (TPSA) is 52.4 Å². The second kappa shape index (κ2) is 6.53. The molecule has 0 spiro atoms. The van der Waals surface area contributed by atoms with Crippen molar-refractivity contribution in [3.63, 3.8) is 0 Å². The Morgan fingerprint density at radius 2 is 2.05 bits per heavy atom. The van der Waals surface area contributed by atoms with Crippen LogP contribution >= 0.6 is 31.9 Å². The lowest BCUT2D eigenvalue weighted by molar-refractivity contribution is -0.385. The maximum absolute atomic E-state index is 13.6. The molecule has 110 valence electrons. The van der Waals surface area contributed by atoms with Gasteiger partial charge in [0.15, 0.2) is 0 Å². The van der Waals surface area contributed by atoms with Gasteiger partial charge < -0.3 is 4.74 Å². The molecule has 2 aromatic rings. The molecule has 0 N–H and O–H groups in total. The molecule has 0 aliphatic carbocycles. The van der Waals surface area contributed by atoms with Gasteiger partial charge in [0, 0.05) is 17.5 Å². The number of nitro groups is 1. The van der Waals surface area contributed by atoms with Gasteiger partial charge in [-0.15, -0.1) is 0 Å². The predicted molar refractivity (Wildman–Crippen MR) is 84.6 cm³/mol. The fourth-order valence-corrected chi connectivity index (χ4v) is 2.71. The van der Waals surface area contributed by atoms with Crippen molar-refractivity contribution in [2.24, 2.45) is 0 Å².